The molecule has 3 aromatic rings. The van der Waals surface area contributed by atoms with E-state index in [1.807, 2.05) is 30.3 Å². The molecule has 5 rings (SSSR count). The molecule has 1 saturated carbocycles. The number of benzene rings is 2. The van der Waals surface area contributed by atoms with Crippen molar-refractivity contribution in [3.63, 3.8) is 0 Å². The number of primary amides is 1. The first kappa shape index (κ1) is 27.2. The van der Waals surface area contributed by atoms with Crippen LogP contribution in [-0.4, -0.2) is 41.6 Å². The molecule has 1 amide bonds. The zero-order chi connectivity index (χ0) is 28.5. The molecule has 0 bridgehead atoms. The molecule has 1 aromatic heterocycles. The maximum atomic E-state index is 13.1. The Morgan fingerprint density at radius 2 is 1.90 bits per heavy atom. The van der Waals surface area contributed by atoms with E-state index < -0.39 is 16.9 Å². The van der Waals surface area contributed by atoms with Crippen LogP contribution in [0.2, 0.25) is 0 Å². The topological polar surface area (TPSA) is 121 Å². The Morgan fingerprint density at radius 3 is 2.58 bits per heavy atom. The fraction of sp³-hybridized carbons (Fsp3) is 0.344. The minimum absolute atomic E-state index is 0.0474. The van der Waals surface area contributed by atoms with Crippen LogP contribution in [0.3, 0.4) is 0 Å². The number of nitrogens with two attached hydrogens (primary N) is 1. The first-order valence-corrected chi connectivity index (χ1v) is 13.3. The fourth-order valence-electron chi connectivity index (χ4n) is 4.53. The van der Waals surface area contributed by atoms with Gasteiger partial charge in [-0.3, -0.25) is 9.59 Å². The molecule has 2 aliphatic rings. The van der Waals surface area contributed by atoms with Gasteiger partial charge in [0, 0.05) is 23.1 Å². The lowest BCUT2D eigenvalue weighted by Crippen LogP contribution is -2.40. The zero-order valence-electron chi connectivity index (χ0n) is 22.8. The highest BCUT2D eigenvalue weighted by atomic mass is 16.5. The molecule has 0 spiro atoms. The summed E-state index contributed by atoms with van der Waals surface area (Å²) in [5.41, 5.74) is 5.46. The van der Waals surface area contributed by atoms with Crippen LogP contribution >= 0.6 is 0 Å². The van der Waals surface area contributed by atoms with Crippen molar-refractivity contribution in [2.24, 2.45) is 5.73 Å². The molecule has 2 heterocycles. The monoisotopic (exact) mass is 540 g/mol. The minimum atomic E-state index is -1.51. The molecule has 0 unspecified atom stereocenters. The van der Waals surface area contributed by atoms with E-state index in [0.29, 0.717) is 34.1 Å². The van der Waals surface area contributed by atoms with Crippen LogP contribution in [0.4, 0.5) is 0 Å². The number of rotatable bonds is 9. The van der Waals surface area contributed by atoms with Gasteiger partial charge in [0.05, 0.1) is 18.9 Å². The van der Waals surface area contributed by atoms with E-state index in [2.05, 4.69) is 16.8 Å². The summed E-state index contributed by atoms with van der Waals surface area (Å²) in [6.45, 7) is 3.33. The average molecular weight is 541 g/mol. The van der Waals surface area contributed by atoms with Crippen molar-refractivity contribution in [1.29, 1.82) is 0 Å². The molecule has 3 N–H and O–H groups in total. The number of amides is 1. The third-order valence-corrected chi connectivity index (χ3v) is 7.41. The van der Waals surface area contributed by atoms with Crippen molar-refractivity contribution in [3.05, 3.63) is 82.7 Å². The number of hydrogen-bond acceptors (Lipinski definition) is 7. The Bertz CT molecular complexity index is 1520. The maximum absolute atomic E-state index is 13.1. The van der Waals surface area contributed by atoms with Gasteiger partial charge in [0.15, 0.2) is 28.7 Å². The summed E-state index contributed by atoms with van der Waals surface area (Å²) < 4.78 is 17.1. The first-order valence-electron chi connectivity index (χ1n) is 13.3. The van der Waals surface area contributed by atoms with E-state index in [9.17, 15) is 14.7 Å². The number of carbonyl (C=O) groups excluding carboxylic acids is 2. The second-order valence-electron chi connectivity index (χ2n) is 10.7. The van der Waals surface area contributed by atoms with E-state index in [1.54, 1.807) is 38.1 Å². The van der Waals surface area contributed by atoms with Crippen LogP contribution in [-0.2, 0) is 15.8 Å². The molecule has 206 valence electrons. The summed E-state index contributed by atoms with van der Waals surface area (Å²) in [5.74, 6) is 6.87. The fourth-order valence-corrected chi connectivity index (χ4v) is 4.53. The van der Waals surface area contributed by atoms with Gasteiger partial charge in [0.2, 0.25) is 5.91 Å². The SMILES string of the molecule is COc1cc(C(=O)CC[C@](C)(O)c2cc3c(c(C#Cc4ccccc4)n2)OC[C@]3(C)C(N)=O)ccc1OC1CC1. The lowest BCUT2D eigenvalue weighted by Gasteiger charge is -2.25. The number of ketones is 1. The van der Waals surface area contributed by atoms with Crippen molar-refractivity contribution in [1.82, 2.24) is 4.98 Å². The van der Waals surface area contributed by atoms with E-state index in [4.69, 9.17) is 19.9 Å². The Morgan fingerprint density at radius 1 is 1.15 bits per heavy atom. The van der Waals surface area contributed by atoms with E-state index in [-0.39, 0.29) is 37.0 Å². The lowest BCUT2D eigenvalue weighted by molar-refractivity contribution is -0.123. The van der Waals surface area contributed by atoms with Crippen LogP contribution in [0, 0.1) is 11.8 Å². The molecule has 8 nitrogen and oxygen atoms in total. The summed E-state index contributed by atoms with van der Waals surface area (Å²) >= 11 is 0. The number of methoxy groups -OCH3 is 1. The van der Waals surface area contributed by atoms with Crippen LogP contribution in [0.5, 0.6) is 17.2 Å². The average Bonchev–Trinajstić information content (AvgIpc) is 3.71. The normalized spacial score (nSPS) is 18.9. The molecule has 2 atom stereocenters. The van der Waals surface area contributed by atoms with Gasteiger partial charge >= 0.3 is 0 Å². The van der Waals surface area contributed by atoms with Crippen molar-refractivity contribution in [2.45, 2.75) is 56.7 Å². The quantitative estimate of drug-likeness (QED) is 0.310. The third-order valence-electron chi connectivity index (χ3n) is 7.41. The van der Waals surface area contributed by atoms with Gasteiger partial charge in [-0.15, -0.1) is 0 Å². The summed E-state index contributed by atoms with van der Waals surface area (Å²) in [4.78, 5) is 30.1. The Kier molecular flexibility index (Phi) is 7.26. The number of pyridine rings is 1. The van der Waals surface area contributed by atoms with Crippen LogP contribution in [0.1, 0.15) is 72.4 Å². The lowest BCUT2D eigenvalue weighted by atomic mass is 9.82. The highest BCUT2D eigenvalue weighted by molar-refractivity contribution is 5.96. The summed E-state index contributed by atoms with van der Waals surface area (Å²) in [5, 5.41) is 11.5. The van der Waals surface area contributed by atoms with E-state index >= 15 is 0 Å². The highest BCUT2D eigenvalue weighted by Crippen LogP contribution is 2.42. The van der Waals surface area contributed by atoms with Crippen LogP contribution < -0.4 is 19.9 Å². The largest absolute Gasteiger partial charge is 0.493 e. The minimum Gasteiger partial charge on any atom is -0.493 e. The standard InChI is InChI=1S/C32H32N2O6/c1-31(30(33)36)19-39-29-23(31)18-28(34-24(29)13-9-20-7-5-4-6-8-20)32(2,37)16-15-25(35)21-10-14-26(27(17-21)38-3)40-22-11-12-22/h4-8,10,14,17-18,22,37H,11-12,15-16,19H2,1-3H3,(H2,33,36)/t31-,32-/m0/s1. The Labute approximate surface area is 233 Å². The summed E-state index contributed by atoms with van der Waals surface area (Å²) in [6.07, 6.45) is 2.36. The molecule has 1 aliphatic carbocycles. The number of Topliss-reactive ketones (excluding diaryl/α,β-unsaturated/α-hetero) is 1. The van der Waals surface area contributed by atoms with Crippen LogP contribution in [0.25, 0.3) is 0 Å². The molecule has 8 heteroatoms. The first-order chi connectivity index (χ1) is 19.1. The van der Waals surface area contributed by atoms with Crippen molar-refractivity contribution < 1.29 is 28.9 Å². The highest BCUT2D eigenvalue weighted by Gasteiger charge is 2.44. The maximum Gasteiger partial charge on any atom is 0.231 e. The van der Waals surface area contributed by atoms with Gasteiger partial charge in [-0.05, 0) is 75.4 Å². The van der Waals surface area contributed by atoms with E-state index in [0.717, 1.165) is 18.4 Å². The van der Waals surface area contributed by atoms with Gasteiger partial charge < -0.3 is 25.1 Å². The molecule has 0 radical (unpaired) electrons. The number of ether oxygens (including phenoxy) is 3. The summed E-state index contributed by atoms with van der Waals surface area (Å²) in [6, 6.07) is 16.1. The predicted molar refractivity (Wildman–Crippen MR) is 148 cm³/mol. The van der Waals surface area contributed by atoms with Gasteiger partial charge in [-0.2, -0.15) is 0 Å². The molecular formula is C32H32N2O6. The number of hydrogen-bond donors (Lipinski definition) is 2. The molecule has 2 aromatic carbocycles. The summed E-state index contributed by atoms with van der Waals surface area (Å²) in [7, 11) is 1.54. The number of carbonyl (C=O) groups is 2. The Balaban J connectivity index is 1.42. The molecular weight excluding hydrogens is 508 g/mol. The zero-order valence-corrected chi connectivity index (χ0v) is 22.8. The second kappa shape index (κ2) is 10.7. The molecule has 40 heavy (non-hydrogen) atoms. The van der Waals surface area contributed by atoms with Gasteiger partial charge in [0.1, 0.15) is 17.6 Å². The smallest absolute Gasteiger partial charge is 0.231 e. The number of nitrogens with zero attached hydrogens (tertiary/aromatic N) is 1. The number of fused-ring (bicyclic) bond motifs is 1. The molecule has 1 aliphatic heterocycles. The molecule has 0 saturated heterocycles. The van der Waals surface area contributed by atoms with Crippen LogP contribution in [0.15, 0.2) is 54.6 Å². The van der Waals surface area contributed by atoms with Gasteiger partial charge in [0.25, 0.3) is 0 Å². The van der Waals surface area contributed by atoms with Crippen molar-refractivity contribution >= 4 is 11.7 Å². The predicted octanol–water partition coefficient (Wildman–Crippen LogP) is 4.04. The number of aliphatic hydroxyl groups is 1. The van der Waals surface area contributed by atoms with Gasteiger partial charge in [-0.1, -0.05) is 24.1 Å². The second-order valence-corrected chi connectivity index (χ2v) is 10.7. The third kappa shape index (κ3) is 5.51. The van der Waals surface area contributed by atoms with Gasteiger partial charge in [-0.25, -0.2) is 4.98 Å². The van der Waals surface area contributed by atoms with E-state index in [1.165, 1.54) is 7.11 Å². The molecule has 1 fully saturated rings. The number of aromatic nitrogens is 1. The Hall–Kier alpha value is -4.35. The van der Waals surface area contributed by atoms with Crippen molar-refractivity contribution in [2.75, 3.05) is 13.7 Å². The van der Waals surface area contributed by atoms with Crippen molar-refractivity contribution in [3.8, 4) is 29.1 Å².